The minimum atomic E-state index is -0.00665. The summed E-state index contributed by atoms with van der Waals surface area (Å²) in [6, 6.07) is 15.9. The molecule has 0 bridgehead atoms. The molecule has 6 nitrogen and oxygen atoms in total. The fourth-order valence-electron chi connectivity index (χ4n) is 3.71. The van der Waals surface area contributed by atoms with Crippen LogP contribution in [0.2, 0.25) is 5.02 Å². The molecule has 146 valence electrons. The van der Waals surface area contributed by atoms with Crippen LogP contribution >= 0.6 is 11.6 Å². The number of hydrogen-bond acceptors (Lipinski definition) is 3. The van der Waals surface area contributed by atoms with Gasteiger partial charge in [-0.15, -0.1) is 0 Å². The standard InChI is InChI=1S/C21H24ClN5O/c1-16-24-19-7-2-3-8-20(19)27(16)10-9-23-21(28)26-13-11-25(12-14-26)18-6-4-5-17(22)15-18/h2-8,15H,9-14H2,1H3,(H,23,28). The van der Waals surface area contributed by atoms with Crippen LogP contribution in [0, 0.1) is 6.92 Å². The lowest BCUT2D eigenvalue weighted by molar-refractivity contribution is 0.194. The van der Waals surface area contributed by atoms with Crippen molar-refractivity contribution in [3.63, 3.8) is 0 Å². The number of amides is 2. The van der Waals surface area contributed by atoms with Crippen molar-refractivity contribution in [1.29, 1.82) is 0 Å². The lowest BCUT2D eigenvalue weighted by atomic mass is 10.2. The van der Waals surface area contributed by atoms with Gasteiger partial charge in [-0.2, -0.15) is 0 Å². The normalized spacial score (nSPS) is 14.5. The number of benzene rings is 2. The molecule has 28 heavy (non-hydrogen) atoms. The van der Waals surface area contributed by atoms with Gasteiger partial charge in [-0.1, -0.05) is 29.8 Å². The Labute approximate surface area is 169 Å². The molecule has 2 heterocycles. The number of halogens is 1. The molecule has 2 aromatic carbocycles. The first kappa shape index (κ1) is 18.6. The average Bonchev–Trinajstić information content (AvgIpc) is 3.03. The van der Waals surface area contributed by atoms with Gasteiger partial charge in [0.25, 0.3) is 0 Å². The summed E-state index contributed by atoms with van der Waals surface area (Å²) in [6.45, 7) is 6.29. The number of imidazole rings is 1. The lowest BCUT2D eigenvalue weighted by Crippen LogP contribution is -2.52. The van der Waals surface area contributed by atoms with Crippen molar-refractivity contribution < 1.29 is 4.79 Å². The van der Waals surface area contributed by atoms with Crippen molar-refractivity contribution >= 4 is 34.4 Å². The highest BCUT2D eigenvalue weighted by molar-refractivity contribution is 6.30. The number of piperazine rings is 1. The van der Waals surface area contributed by atoms with Gasteiger partial charge in [0, 0.05) is 50.0 Å². The molecule has 0 spiro atoms. The number of nitrogens with one attached hydrogen (secondary N) is 1. The highest BCUT2D eigenvalue weighted by atomic mass is 35.5. The maximum Gasteiger partial charge on any atom is 0.317 e. The molecule has 0 aliphatic carbocycles. The first-order chi connectivity index (χ1) is 13.6. The van der Waals surface area contributed by atoms with E-state index in [2.05, 4.69) is 31.9 Å². The maximum absolute atomic E-state index is 12.5. The molecule has 1 fully saturated rings. The van der Waals surface area contributed by atoms with E-state index in [0.717, 1.165) is 40.7 Å². The van der Waals surface area contributed by atoms with E-state index >= 15 is 0 Å². The Morgan fingerprint density at radius 2 is 1.89 bits per heavy atom. The molecule has 0 radical (unpaired) electrons. The minimum absolute atomic E-state index is 0.00665. The van der Waals surface area contributed by atoms with Gasteiger partial charge >= 0.3 is 6.03 Å². The SMILES string of the molecule is Cc1nc2ccccc2n1CCNC(=O)N1CCN(c2cccc(Cl)c2)CC1. The van der Waals surface area contributed by atoms with Crippen LogP contribution in [0.25, 0.3) is 11.0 Å². The molecule has 1 saturated heterocycles. The molecule has 1 aliphatic heterocycles. The van der Waals surface area contributed by atoms with Gasteiger partial charge < -0.3 is 19.7 Å². The summed E-state index contributed by atoms with van der Waals surface area (Å²) in [4.78, 5) is 21.2. The molecule has 2 amide bonds. The van der Waals surface area contributed by atoms with Crippen molar-refractivity contribution in [2.24, 2.45) is 0 Å². The van der Waals surface area contributed by atoms with Gasteiger partial charge in [0.2, 0.25) is 0 Å². The zero-order valence-electron chi connectivity index (χ0n) is 15.9. The molecule has 0 saturated carbocycles. The summed E-state index contributed by atoms with van der Waals surface area (Å²) in [5.41, 5.74) is 3.20. The van der Waals surface area contributed by atoms with Crippen LogP contribution in [-0.4, -0.2) is 53.2 Å². The third-order valence-electron chi connectivity index (χ3n) is 5.20. The number of fused-ring (bicyclic) bond motifs is 1. The summed E-state index contributed by atoms with van der Waals surface area (Å²) in [6.07, 6.45) is 0. The van der Waals surface area contributed by atoms with E-state index in [1.165, 1.54) is 0 Å². The Morgan fingerprint density at radius 1 is 1.11 bits per heavy atom. The first-order valence-corrected chi connectivity index (χ1v) is 9.95. The Bertz CT molecular complexity index is 978. The van der Waals surface area contributed by atoms with Gasteiger partial charge in [0.15, 0.2) is 0 Å². The predicted octanol–water partition coefficient (Wildman–Crippen LogP) is 3.53. The Kier molecular flexibility index (Phi) is 5.39. The fraction of sp³-hybridized carbons (Fsp3) is 0.333. The number of carbonyl (C=O) groups is 1. The second-order valence-corrected chi connectivity index (χ2v) is 7.42. The Hall–Kier alpha value is -2.73. The molecule has 7 heteroatoms. The Balaban J connectivity index is 1.28. The van der Waals surface area contributed by atoms with Crippen LogP contribution in [0.15, 0.2) is 48.5 Å². The molecule has 3 aromatic rings. The molecule has 0 atom stereocenters. The van der Waals surface area contributed by atoms with E-state index < -0.39 is 0 Å². The minimum Gasteiger partial charge on any atom is -0.368 e. The number of aryl methyl sites for hydroxylation is 1. The van der Waals surface area contributed by atoms with Crippen LogP contribution in [0.3, 0.4) is 0 Å². The van der Waals surface area contributed by atoms with E-state index in [4.69, 9.17) is 11.6 Å². The van der Waals surface area contributed by atoms with Gasteiger partial charge in [-0.3, -0.25) is 0 Å². The van der Waals surface area contributed by atoms with Gasteiger partial charge in [-0.25, -0.2) is 9.78 Å². The second-order valence-electron chi connectivity index (χ2n) is 6.99. The van der Waals surface area contributed by atoms with Crippen molar-refractivity contribution in [2.45, 2.75) is 13.5 Å². The molecule has 1 aromatic heterocycles. The number of nitrogens with zero attached hydrogens (tertiary/aromatic N) is 4. The zero-order valence-corrected chi connectivity index (χ0v) is 16.7. The van der Waals surface area contributed by atoms with E-state index in [9.17, 15) is 4.79 Å². The topological polar surface area (TPSA) is 53.4 Å². The molecule has 1 aliphatic rings. The monoisotopic (exact) mass is 397 g/mol. The predicted molar refractivity (Wildman–Crippen MR) is 113 cm³/mol. The van der Waals surface area contributed by atoms with E-state index in [0.29, 0.717) is 26.2 Å². The number of rotatable bonds is 4. The quantitative estimate of drug-likeness (QED) is 0.732. The summed E-state index contributed by atoms with van der Waals surface area (Å²) >= 11 is 6.08. The van der Waals surface area contributed by atoms with Crippen LogP contribution < -0.4 is 10.2 Å². The largest absolute Gasteiger partial charge is 0.368 e. The van der Waals surface area contributed by atoms with Crippen molar-refractivity contribution in [2.75, 3.05) is 37.6 Å². The number of anilines is 1. The second kappa shape index (κ2) is 8.10. The van der Waals surface area contributed by atoms with Crippen LogP contribution in [-0.2, 0) is 6.54 Å². The third-order valence-corrected chi connectivity index (χ3v) is 5.43. The summed E-state index contributed by atoms with van der Waals surface area (Å²) in [5.74, 6) is 0.964. The van der Waals surface area contributed by atoms with Gasteiger partial charge in [-0.05, 0) is 37.3 Å². The van der Waals surface area contributed by atoms with Crippen molar-refractivity contribution in [3.05, 3.63) is 59.4 Å². The summed E-state index contributed by atoms with van der Waals surface area (Å²) < 4.78 is 2.15. The van der Waals surface area contributed by atoms with E-state index in [1.54, 1.807) is 0 Å². The van der Waals surface area contributed by atoms with Crippen LogP contribution in [0.1, 0.15) is 5.82 Å². The lowest BCUT2D eigenvalue weighted by Gasteiger charge is -2.36. The van der Waals surface area contributed by atoms with Crippen LogP contribution in [0.5, 0.6) is 0 Å². The first-order valence-electron chi connectivity index (χ1n) is 9.57. The highest BCUT2D eigenvalue weighted by Crippen LogP contribution is 2.20. The van der Waals surface area contributed by atoms with Gasteiger partial charge in [0.05, 0.1) is 11.0 Å². The number of para-hydroxylation sites is 2. The van der Waals surface area contributed by atoms with Crippen molar-refractivity contribution in [3.8, 4) is 0 Å². The highest BCUT2D eigenvalue weighted by Gasteiger charge is 2.21. The maximum atomic E-state index is 12.5. The smallest absolute Gasteiger partial charge is 0.317 e. The summed E-state index contributed by atoms with van der Waals surface area (Å²) in [7, 11) is 0. The number of carbonyl (C=O) groups excluding carboxylic acids is 1. The van der Waals surface area contributed by atoms with Gasteiger partial charge in [0.1, 0.15) is 5.82 Å². The molecule has 1 N–H and O–H groups in total. The molecular formula is C21H24ClN5O. The van der Waals surface area contributed by atoms with E-state index in [1.807, 2.05) is 48.2 Å². The Morgan fingerprint density at radius 3 is 2.68 bits per heavy atom. The summed E-state index contributed by atoms with van der Waals surface area (Å²) in [5, 5.41) is 3.78. The third kappa shape index (κ3) is 3.92. The number of urea groups is 1. The van der Waals surface area contributed by atoms with E-state index in [-0.39, 0.29) is 6.03 Å². The molecule has 4 rings (SSSR count). The van der Waals surface area contributed by atoms with Crippen molar-refractivity contribution in [1.82, 2.24) is 19.8 Å². The van der Waals surface area contributed by atoms with Crippen LogP contribution in [0.4, 0.5) is 10.5 Å². The average molecular weight is 398 g/mol. The number of hydrogen-bond donors (Lipinski definition) is 1. The molecular weight excluding hydrogens is 374 g/mol. The number of aromatic nitrogens is 2. The zero-order chi connectivity index (χ0) is 19.5. The fourth-order valence-corrected chi connectivity index (χ4v) is 3.89. The molecule has 0 unspecified atom stereocenters.